The van der Waals surface area contributed by atoms with Crippen LogP contribution in [0.4, 0.5) is 0 Å². The number of hydrogen-bond acceptors (Lipinski definition) is 3. The molecule has 3 rings (SSSR count). The number of aliphatic hydroxyl groups excluding tert-OH is 1. The molecule has 0 aromatic heterocycles. The number of halogens is 1. The first-order chi connectivity index (χ1) is 12.2. The smallest absolute Gasteiger partial charge is 0.124 e. The van der Waals surface area contributed by atoms with E-state index in [1.165, 1.54) is 0 Å². The lowest BCUT2D eigenvalue weighted by Crippen LogP contribution is -2.28. The highest BCUT2D eigenvalue weighted by Crippen LogP contribution is 2.27. The van der Waals surface area contributed by atoms with Crippen molar-refractivity contribution in [1.29, 1.82) is 0 Å². The van der Waals surface area contributed by atoms with Gasteiger partial charge in [0.2, 0.25) is 0 Å². The molecule has 136 valence electrons. The van der Waals surface area contributed by atoms with Crippen LogP contribution in [0.2, 0.25) is 0 Å². The molecule has 0 heterocycles. The Labute approximate surface area is 160 Å². The lowest BCUT2D eigenvalue weighted by Gasteiger charge is -2.22. The Morgan fingerprint density at radius 3 is 1.96 bits per heavy atom. The normalized spacial score (nSPS) is 12.7. The Kier molecular flexibility index (Phi) is 7.67. The van der Waals surface area contributed by atoms with E-state index in [4.69, 9.17) is 10.5 Å². The summed E-state index contributed by atoms with van der Waals surface area (Å²) in [4.78, 5) is 0. The zero-order chi connectivity index (χ0) is 17.5. The molecule has 0 unspecified atom stereocenters. The highest BCUT2D eigenvalue weighted by atomic mass is 35.5. The van der Waals surface area contributed by atoms with Crippen molar-refractivity contribution < 1.29 is 9.84 Å². The second kappa shape index (κ2) is 9.97. The number of ether oxygens (including phenoxy) is 1. The SMILES string of the molecule is Cl.N[C@@H](c1ccccc1OCc1ccccc1)[C@H](O)Cc1ccccc1. The lowest BCUT2D eigenvalue weighted by molar-refractivity contribution is 0.143. The van der Waals surface area contributed by atoms with Crippen LogP contribution in [0.3, 0.4) is 0 Å². The summed E-state index contributed by atoms with van der Waals surface area (Å²) < 4.78 is 5.95. The van der Waals surface area contributed by atoms with Gasteiger partial charge in [0.1, 0.15) is 12.4 Å². The van der Waals surface area contributed by atoms with E-state index in [1.807, 2.05) is 84.9 Å². The molecule has 0 bridgehead atoms. The first kappa shape index (κ1) is 20.0. The van der Waals surface area contributed by atoms with Crippen molar-refractivity contribution in [3.05, 3.63) is 102 Å². The van der Waals surface area contributed by atoms with Gasteiger partial charge in [-0.3, -0.25) is 0 Å². The topological polar surface area (TPSA) is 55.5 Å². The Balaban J connectivity index is 0.00000243. The second-order valence-electron chi connectivity index (χ2n) is 6.09. The maximum atomic E-state index is 10.6. The van der Waals surface area contributed by atoms with Crippen molar-refractivity contribution in [2.24, 2.45) is 5.73 Å². The first-order valence-electron chi connectivity index (χ1n) is 8.47. The minimum Gasteiger partial charge on any atom is -0.489 e. The summed E-state index contributed by atoms with van der Waals surface area (Å²) in [6, 6.07) is 27.0. The van der Waals surface area contributed by atoms with E-state index in [-0.39, 0.29) is 12.4 Å². The molecule has 3 aromatic carbocycles. The molecule has 0 radical (unpaired) electrons. The van der Waals surface area contributed by atoms with Crippen molar-refractivity contribution in [2.45, 2.75) is 25.2 Å². The van der Waals surface area contributed by atoms with Crippen LogP contribution < -0.4 is 10.5 Å². The highest BCUT2D eigenvalue weighted by Gasteiger charge is 2.20. The Bertz CT molecular complexity index is 780. The van der Waals surface area contributed by atoms with Crippen LogP contribution in [0.5, 0.6) is 5.75 Å². The molecule has 2 atom stereocenters. The van der Waals surface area contributed by atoms with Crippen LogP contribution in [0, 0.1) is 0 Å². The molecular weight excluding hydrogens is 346 g/mol. The molecule has 0 amide bonds. The molecule has 3 nitrogen and oxygen atoms in total. The van der Waals surface area contributed by atoms with Gasteiger partial charge in [0.25, 0.3) is 0 Å². The molecular formula is C22H24ClNO2. The molecule has 0 saturated carbocycles. The molecule has 0 saturated heterocycles. The maximum absolute atomic E-state index is 10.6. The fourth-order valence-corrected chi connectivity index (χ4v) is 2.81. The predicted octanol–water partition coefficient (Wildman–Crippen LogP) is 4.29. The quantitative estimate of drug-likeness (QED) is 0.653. The average Bonchev–Trinajstić information content (AvgIpc) is 2.67. The van der Waals surface area contributed by atoms with Crippen molar-refractivity contribution in [3.8, 4) is 5.75 Å². The standard InChI is InChI=1S/C22H23NO2.ClH/c23-22(20(24)15-17-9-3-1-4-10-17)19-13-7-8-14-21(19)25-16-18-11-5-2-6-12-18;/h1-14,20,22,24H,15-16,23H2;1H/t20-,22+;/m1./s1. The van der Waals surface area contributed by atoms with E-state index in [2.05, 4.69) is 0 Å². The van der Waals surface area contributed by atoms with Gasteiger partial charge < -0.3 is 15.6 Å². The number of para-hydroxylation sites is 1. The van der Waals surface area contributed by atoms with Crippen molar-refractivity contribution in [2.75, 3.05) is 0 Å². The van der Waals surface area contributed by atoms with E-state index in [0.717, 1.165) is 16.7 Å². The average molecular weight is 370 g/mol. The fourth-order valence-electron chi connectivity index (χ4n) is 2.81. The summed E-state index contributed by atoms with van der Waals surface area (Å²) in [7, 11) is 0. The monoisotopic (exact) mass is 369 g/mol. The number of hydrogen-bond donors (Lipinski definition) is 2. The molecule has 4 heteroatoms. The van der Waals surface area contributed by atoms with Gasteiger partial charge in [-0.15, -0.1) is 12.4 Å². The maximum Gasteiger partial charge on any atom is 0.124 e. The van der Waals surface area contributed by atoms with E-state index in [1.54, 1.807) is 0 Å². The van der Waals surface area contributed by atoms with Crippen molar-refractivity contribution in [1.82, 2.24) is 0 Å². The molecule has 0 spiro atoms. The fraction of sp³-hybridized carbons (Fsp3) is 0.182. The van der Waals surface area contributed by atoms with Crippen molar-refractivity contribution in [3.63, 3.8) is 0 Å². The largest absolute Gasteiger partial charge is 0.489 e. The summed E-state index contributed by atoms with van der Waals surface area (Å²) in [5, 5.41) is 10.6. The van der Waals surface area contributed by atoms with Crippen LogP contribution in [-0.2, 0) is 13.0 Å². The number of benzene rings is 3. The van der Waals surface area contributed by atoms with Crippen LogP contribution in [0.25, 0.3) is 0 Å². The summed E-state index contributed by atoms with van der Waals surface area (Å²) >= 11 is 0. The minimum atomic E-state index is -0.677. The van der Waals surface area contributed by atoms with Crippen LogP contribution >= 0.6 is 12.4 Å². The summed E-state index contributed by atoms with van der Waals surface area (Å²) in [6.07, 6.45) is -0.168. The number of aliphatic hydroxyl groups is 1. The van der Waals surface area contributed by atoms with E-state index in [0.29, 0.717) is 18.8 Å². The first-order valence-corrected chi connectivity index (χ1v) is 8.47. The van der Waals surface area contributed by atoms with Gasteiger partial charge in [-0.05, 0) is 17.2 Å². The van der Waals surface area contributed by atoms with Gasteiger partial charge in [-0.2, -0.15) is 0 Å². The predicted molar refractivity (Wildman–Crippen MR) is 108 cm³/mol. The molecule has 3 aromatic rings. The highest BCUT2D eigenvalue weighted by molar-refractivity contribution is 5.85. The Hall–Kier alpha value is -2.33. The van der Waals surface area contributed by atoms with E-state index < -0.39 is 12.1 Å². The summed E-state index contributed by atoms with van der Waals surface area (Å²) in [6.45, 7) is 0.472. The van der Waals surface area contributed by atoms with E-state index in [9.17, 15) is 5.11 Å². The summed E-state index contributed by atoms with van der Waals surface area (Å²) in [5.41, 5.74) is 9.30. The molecule has 0 aliphatic heterocycles. The summed E-state index contributed by atoms with van der Waals surface area (Å²) in [5.74, 6) is 0.714. The second-order valence-corrected chi connectivity index (χ2v) is 6.09. The Morgan fingerprint density at radius 2 is 1.31 bits per heavy atom. The van der Waals surface area contributed by atoms with Crippen molar-refractivity contribution >= 4 is 12.4 Å². The third-order valence-corrected chi connectivity index (χ3v) is 4.22. The van der Waals surface area contributed by atoms with Gasteiger partial charge >= 0.3 is 0 Å². The van der Waals surface area contributed by atoms with E-state index >= 15 is 0 Å². The lowest BCUT2D eigenvalue weighted by atomic mass is 9.96. The molecule has 0 fully saturated rings. The zero-order valence-electron chi connectivity index (χ0n) is 14.5. The molecule has 26 heavy (non-hydrogen) atoms. The number of rotatable bonds is 7. The molecule has 3 N–H and O–H groups in total. The molecule has 0 aliphatic rings. The van der Waals surface area contributed by atoms with Crippen LogP contribution in [-0.4, -0.2) is 11.2 Å². The third-order valence-electron chi connectivity index (χ3n) is 4.22. The van der Waals surface area contributed by atoms with Crippen LogP contribution in [0.15, 0.2) is 84.9 Å². The van der Waals surface area contributed by atoms with Gasteiger partial charge in [0, 0.05) is 12.0 Å². The molecule has 0 aliphatic carbocycles. The zero-order valence-corrected chi connectivity index (χ0v) is 15.3. The van der Waals surface area contributed by atoms with Gasteiger partial charge in [-0.25, -0.2) is 0 Å². The van der Waals surface area contributed by atoms with Crippen LogP contribution in [0.1, 0.15) is 22.7 Å². The van der Waals surface area contributed by atoms with Gasteiger partial charge in [0.15, 0.2) is 0 Å². The number of nitrogens with two attached hydrogens (primary N) is 1. The van der Waals surface area contributed by atoms with Gasteiger partial charge in [-0.1, -0.05) is 78.9 Å². The minimum absolute atomic E-state index is 0. The third kappa shape index (κ3) is 5.33. The van der Waals surface area contributed by atoms with Gasteiger partial charge in [0.05, 0.1) is 12.1 Å². The Morgan fingerprint density at radius 1 is 0.769 bits per heavy atom.